The molecule has 1 aliphatic rings. The molecule has 1 atom stereocenters. The second kappa shape index (κ2) is 2.74. The highest BCUT2D eigenvalue weighted by Crippen LogP contribution is 2.40. The highest BCUT2D eigenvalue weighted by atomic mass is 33.5. The lowest BCUT2D eigenvalue weighted by molar-refractivity contribution is 0.622. The predicted molar refractivity (Wildman–Crippen MR) is 40.2 cm³/mol. The summed E-state index contributed by atoms with van der Waals surface area (Å²) in [4.78, 5) is 0.772. The van der Waals surface area contributed by atoms with Gasteiger partial charge in [0.2, 0.25) is 0 Å². The summed E-state index contributed by atoms with van der Waals surface area (Å²) in [6, 6.07) is 0. The Hall–Kier alpha value is 0.310. The van der Waals surface area contributed by atoms with Crippen LogP contribution in [0.1, 0.15) is 0 Å². The molecule has 0 amide bonds. The zero-order chi connectivity index (χ0) is 5.98. The molecule has 1 heterocycles. The number of hydrogen-bond acceptors (Lipinski definition) is 3. The molecule has 0 spiro atoms. The van der Waals surface area contributed by atoms with Crippen LogP contribution in [0.4, 0.5) is 0 Å². The molecule has 0 aromatic heterocycles. The Morgan fingerprint density at radius 2 is 2.62 bits per heavy atom. The quantitative estimate of drug-likeness (QED) is 0.306. The molecule has 1 unspecified atom stereocenters. The Kier molecular flexibility index (Phi) is 2.20. The lowest BCUT2D eigenvalue weighted by Crippen LogP contribution is -1.75. The topological polar surface area (TPSA) is 23.1 Å². The lowest BCUT2D eigenvalue weighted by atomic mass is 10.7. The average molecular weight is 162 g/mol. The first kappa shape index (κ1) is 6.43. The average Bonchev–Trinajstić information content (AvgIpc) is 2.14. The van der Waals surface area contributed by atoms with Gasteiger partial charge in [0.25, 0.3) is 0 Å². The molecule has 1 nitrogen and oxygen atoms in total. The van der Waals surface area contributed by atoms with Crippen LogP contribution in [0, 0.1) is 12.3 Å². The van der Waals surface area contributed by atoms with Crippen molar-refractivity contribution in [2.45, 2.75) is 0 Å². The fourth-order valence-corrected chi connectivity index (χ4v) is 4.15. The van der Waals surface area contributed by atoms with Crippen molar-refractivity contribution in [2.24, 2.45) is 0 Å². The Bertz CT molecular complexity index is 157. The summed E-state index contributed by atoms with van der Waals surface area (Å²) < 4.78 is 10.5. The van der Waals surface area contributed by atoms with Crippen molar-refractivity contribution in [1.82, 2.24) is 0 Å². The van der Waals surface area contributed by atoms with E-state index in [0.717, 1.165) is 4.91 Å². The van der Waals surface area contributed by atoms with E-state index in [0.29, 0.717) is 0 Å². The van der Waals surface area contributed by atoms with Crippen LogP contribution in [0.2, 0.25) is 0 Å². The summed E-state index contributed by atoms with van der Waals surface area (Å²) in [6.45, 7) is 0. The van der Waals surface area contributed by atoms with Gasteiger partial charge in [-0.2, -0.15) is 0 Å². The van der Waals surface area contributed by atoms with Gasteiger partial charge in [0, 0.05) is 0 Å². The third-order valence-corrected chi connectivity index (χ3v) is 4.75. The van der Waals surface area contributed by atoms with Gasteiger partial charge >= 0.3 is 0 Å². The van der Waals surface area contributed by atoms with Crippen molar-refractivity contribution in [3.05, 3.63) is 10.3 Å². The fourth-order valence-electron chi connectivity index (χ4n) is 0.254. The summed E-state index contributed by atoms with van der Waals surface area (Å²) in [5.74, 6) is 2.40. The van der Waals surface area contributed by atoms with Gasteiger partial charge in [0.1, 0.15) is 24.9 Å². The van der Waals surface area contributed by atoms with E-state index in [9.17, 15) is 4.55 Å². The molecular weight excluding hydrogens is 160 g/mol. The maximum Gasteiger partial charge on any atom is 0.151 e. The monoisotopic (exact) mass is 162 g/mol. The number of hydrogen-bond donors (Lipinski definition) is 0. The minimum absolute atomic E-state index is 0.772. The summed E-state index contributed by atoms with van der Waals surface area (Å²) in [5.41, 5.74) is 0. The van der Waals surface area contributed by atoms with Gasteiger partial charge < -0.3 is 4.55 Å². The molecule has 0 saturated carbocycles. The molecule has 0 radical (unpaired) electrons. The highest BCUT2D eigenvalue weighted by molar-refractivity contribution is 9.07. The van der Waals surface area contributed by atoms with Crippen molar-refractivity contribution in [3.63, 3.8) is 0 Å². The van der Waals surface area contributed by atoms with Crippen molar-refractivity contribution in [3.8, 4) is 12.3 Å². The van der Waals surface area contributed by atoms with Crippen LogP contribution in [0.3, 0.4) is 0 Å². The van der Waals surface area contributed by atoms with E-state index >= 15 is 0 Å². The van der Waals surface area contributed by atoms with E-state index in [4.69, 9.17) is 6.42 Å². The van der Waals surface area contributed by atoms with Crippen molar-refractivity contribution >= 4 is 30.8 Å². The molecular formula is C4H2OS3. The molecule has 42 valence electrons. The summed E-state index contributed by atoms with van der Waals surface area (Å²) in [6.07, 6.45) is 5.01. The first-order valence-electron chi connectivity index (χ1n) is 1.77. The first-order valence-corrected chi connectivity index (χ1v) is 5.65. The third kappa shape index (κ3) is 1.39. The summed E-state index contributed by atoms with van der Waals surface area (Å²) in [5, 5.41) is 1.74. The SMILES string of the molecule is C#CC1=CS[S+]([O-])S1. The molecule has 0 N–H and O–H groups in total. The summed E-state index contributed by atoms with van der Waals surface area (Å²) in [7, 11) is 1.63. The summed E-state index contributed by atoms with van der Waals surface area (Å²) >= 11 is 0. The van der Waals surface area contributed by atoms with Gasteiger partial charge in [0.05, 0.1) is 5.41 Å². The molecule has 0 aromatic rings. The second-order valence-electron chi connectivity index (χ2n) is 1.01. The van der Waals surface area contributed by atoms with Gasteiger partial charge in [-0.1, -0.05) is 5.92 Å². The predicted octanol–water partition coefficient (Wildman–Crippen LogP) is 1.52. The van der Waals surface area contributed by atoms with Crippen LogP contribution in [-0.4, -0.2) is 4.55 Å². The highest BCUT2D eigenvalue weighted by Gasteiger charge is 2.19. The van der Waals surface area contributed by atoms with Gasteiger partial charge in [0.15, 0.2) is 10.8 Å². The molecule has 0 bridgehead atoms. The smallest absolute Gasteiger partial charge is 0.151 e. The number of rotatable bonds is 0. The van der Waals surface area contributed by atoms with Gasteiger partial charge in [-0.25, -0.2) is 0 Å². The maximum atomic E-state index is 10.5. The number of allylic oxidation sites excluding steroid dienone is 1. The molecule has 0 aliphatic carbocycles. The van der Waals surface area contributed by atoms with Gasteiger partial charge in [-0.05, 0) is 0 Å². The van der Waals surface area contributed by atoms with Crippen LogP contribution in [0.25, 0.3) is 0 Å². The zero-order valence-electron chi connectivity index (χ0n) is 3.79. The maximum absolute atomic E-state index is 10.5. The zero-order valence-corrected chi connectivity index (χ0v) is 6.24. The van der Waals surface area contributed by atoms with Crippen LogP contribution >= 0.6 is 21.6 Å². The minimum atomic E-state index is -0.855. The van der Waals surface area contributed by atoms with Crippen LogP contribution in [-0.2, 0) is 9.24 Å². The fraction of sp³-hybridized carbons (Fsp3) is 0. The van der Waals surface area contributed by atoms with Crippen molar-refractivity contribution < 1.29 is 4.55 Å². The molecule has 4 heteroatoms. The van der Waals surface area contributed by atoms with E-state index in [1.54, 1.807) is 5.41 Å². The molecule has 0 saturated heterocycles. The molecule has 1 rings (SSSR count). The minimum Gasteiger partial charge on any atom is -0.593 e. The van der Waals surface area contributed by atoms with E-state index < -0.39 is 9.24 Å². The van der Waals surface area contributed by atoms with E-state index in [-0.39, 0.29) is 0 Å². The Morgan fingerprint density at radius 1 is 1.88 bits per heavy atom. The number of terminal acetylenes is 1. The van der Waals surface area contributed by atoms with Crippen molar-refractivity contribution in [2.75, 3.05) is 0 Å². The standard InChI is InChI=1S/C4H2OS3/c1-2-4-3-6-8(5)7-4/h1,3H. The van der Waals surface area contributed by atoms with E-state index in [1.165, 1.54) is 21.6 Å². The van der Waals surface area contributed by atoms with Gasteiger partial charge in [-0.15, -0.1) is 6.42 Å². The van der Waals surface area contributed by atoms with Crippen LogP contribution in [0.15, 0.2) is 10.3 Å². The Labute approximate surface area is 58.3 Å². The first-order chi connectivity index (χ1) is 3.83. The van der Waals surface area contributed by atoms with Crippen LogP contribution < -0.4 is 0 Å². The van der Waals surface area contributed by atoms with E-state index in [2.05, 4.69) is 5.92 Å². The molecule has 8 heavy (non-hydrogen) atoms. The van der Waals surface area contributed by atoms with Crippen LogP contribution in [0.5, 0.6) is 0 Å². The molecule has 1 aliphatic heterocycles. The Balaban J connectivity index is 2.53. The third-order valence-electron chi connectivity index (χ3n) is 0.534. The van der Waals surface area contributed by atoms with Crippen molar-refractivity contribution in [1.29, 1.82) is 0 Å². The van der Waals surface area contributed by atoms with E-state index in [1.807, 2.05) is 0 Å². The second-order valence-corrected chi connectivity index (χ2v) is 5.98. The normalized spacial score (nSPS) is 27.0. The van der Waals surface area contributed by atoms with Gasteiger partial charge in [-0.3, -0.25) is 0 Å². The lowest BCUT2D eigenvalue weighted by Gasteiger charge is -1.90. The largest absolute Gasteiger partial charge is 0.593 e. The molecule has 0 fully saturated rings. The Morgan fingerprint density at radius 3 is 2.88 bits per heavy atom. The molecule has 0 aromatic carbocycles.